The minimum atomic E-state index is -0.541. The van der Waals surface area contributed by atoms with Crippen molar-refractivity contribution in [2.75, 3.05) is 13.1 Å². The lowest BCUT2D eigenvalue weighted by Gasteiger charge is -2.33. The number of amides is 1. The van der Waals surface area contributed by atoms with Gasteiger partial charge in [-0.25, -0.2) is 8.78 Å². The summed E-state index contributed by atoms with van der Waals surface area (Å²) in [5.41, 5.74) is 2.05. The quantitative estimate of drug-likeness (QED) is 0.601. The van der Waals surface area contributed by atoms with E-state index in [-0.39, 0.29) is 30.5 Å². The topological polar surface area (TPSA) is 71.3 Å². The highest BCUT2D eigenvalue weighted by molar-refractivity contribution is 5.76. The third-order valence-corrected chi connectivity index (χ3v) is 5.65. The van der Waals surface area contributed by atoms with Gasteiger partial charge in [0.1, 0.15) is 11.6 Å². The first-order valence-corrected chi connectivity index (χ1v) is 10.8. The summed E-state index contributed by atoms with van der Waals surface area (Å²) < 4.78 is 33.6. The van der Waals surface area contributed by atoms with Gasteiger partial charge in [0.2, 0.25) is 17.7 Å². The average Bonchev–Trinajstić information content (AvgIpc) is 3.25. The van der Waals surface area contributed by atoms with E-state index in [0.717, 1.165) is 30.5 Å². The van der Waals surface area contributed by atoms with E-state index in [9.17, 15) is 13.6 Å². The number of hydrogen-bond donors (Lipinski definition) is 1. The number of rotatable bonds is 7. The minimum Gasteiger partial charge on any atom is -0.421 e. The molecule has 0 aliphatic carbocycles. The van der Waals surface area contributed by atoms with Crippen LogP contribution in [0.2, 0.25) is 0 Å². The first-order valence-electron chi connectivity index (χ1n) is 10.8. The summed E-state index contributed by atoms with van der Waals surface area (Å²) >= 11 is 0. The van der Waals surface area contributed by atoms with Gasteiger partial charge in [-0.3, -0.25) is 9.69 Å². The second-order valence-corrected chi connectivity index (χ2v) is 8.21. The lowest BCUT2D eigenvalue weighted by Crippen LogP contribution is -2.47. The number of likely N-dealkylation sites (tertiary alicyclic amines) is 1. The molecule has 0 radical (unpaired) electrons. The number of piperidine rings is 1. The van der Waals surface area contributed by atoms with Crippen LogP contribution in [0.25, 0.3) is 11.5 Å². The van der Waals surface area contributed by atoms with E-state index in [0.29, 0.717) is 24.7 Å². The largest absolute Gasteiger partial charge is 0.421 e. The fourth-order valence-electron chi connectivity index (χ4n) is 3.91. The van der Waals surface area contributed by atoms with E-state index in [4.69, 9.17) is 4.42 Å². The van der Waals surface area contributed by atoms with Crippen LogP contribution in [0.5, 0.6) is 0 Å². The highest BCUT2D eigenvalue weighted by Gasteiger charge is 2.23. The smallest absolute Gasteiger partial charge is 0.247 e. The maximum absolute atomic E-state index is 13.9. The fourth-order valence-corrected chi connectivity index (χ4v) is 3.91. The highest BCUT2D eigenvalue weighted by atomic mass is 19.1. The van der Waals surface area contributed by atoms with E-state index in [1.54, 1.807) is 0 Å². The van der Waals surface area contributed by atoms with Crippen molar-refractivity contribution in [1.82, 2.24) is 20.4 Å². The number of halogens is 2. The summed E-state index contributed by atoms with van der Waals surface area (Å²) in [6.45, 7) is 3.49. The van der Waals surface area contributed by atoms with Gasteiger partial charge >= 0.3 is 0 Å². The molecule has 4 rings (SSSR count). The van der Waals surface area contributed by atoms with Gasteiger partial charge < -0.3 is 9.73 Å². The molecule has 1 atom stereocenters. The molecule has 168 valence electrons. The molecule has 1 unspecified atom stereocenters. The maximum atomic E-state index is 13.9. The number of hydrogen-bond acceptors (Lipinski definition) is 5. The highest BCUT2D eigenvalue weighted by Crippen LogP contribution is 2.20. The Morgan fingerprint density at radius 1 is 1.16 bits per heavy atom. The van der Waals surface area contributed by atoms with Gasteiger partial charge in [0.05, 0.1) is 0 Å². The molecule has 3 aromatic rings. The van der Waals surface area contributed by atoms with Crippen LogP contribution in [0.4, 0.5) is 8.78 Å². The van der Waals surface area contributed by atoms with Crippen molar-refractivity contribution < 1.29 is 18.0 Å². The summed E-state index contributed by atoms with van der Waals surface area (Å²) in [4.78, 5) is 14.4. The van der Waals surface area contributed by atoms with Crippen molar-refractivity contribution in [3.05, 3.63) is 71.1 Å². The van der Waals surface area contributed by atoms with Crippen LogP contribution in [0.15, 0.2) is 46.9 Å². The summed E-state index contributed by atoms with van der Waals surface area (Å²) in [7, 11) is 0. The number of benzene rings is 2. The standard InChI is InChI=1S/C24H26F2N4O2/c1-16-7-9-17(10-8-16)24-29-28-23(32-24)12-11-22(31)27-18-4-3-13-30(14-18)15-19-20(25)5-2-6-21(19)26/h2,5-10,18H,3-4,11-15H2,1H3,(H,27,31). The minimum absolute atomic E-state index is 0.0584. The predicted octanol–water partition coefficient (Wildman–Crippen LogP) is 4.04. The molecule has 1 aliphatic heterocycles. The molecule has 32 heavy (non-hydrogen) atoms. The summed E-state index contributed by atoms with van der Waals surface area (Å²) in [6, 6.07) is 11.6. The van der Waals surface area contributed by atoms with Crippen molar-refractivity contribution in [3.63, 3.8) is 0 Å². The monoisotopic (exact) mass is 440 g/mol. The third-order valence-electron chi connectivity index (χ3n) is 5.65. The number of nitrogens with one attached hydrogen (secondary N) is 1. The Morgan fingerprint density at radius 3 is 2.66 bits per heavy atom. The van der Waals surface area contributed by atoms with E-state index in [1.165, 1.54) is 18.2 Å². The van der Waals surface area contributed by atoms with Crippen LogP contribution >= 0.6 is 0 Å². The molecule has 2 aromatic carbocycles. The van der Waals surface area contributed by atoms with E-state index in [2.05, 4.69) is 15.5 Å². The Labute approximate surface area is 185 Å². The normalized spacial score (nSPS) is 16.8. The summed E-state index contributed by atoms with van der Waals surface area (Å²) in [5, 5.41) is 11.1. The fraction of sp³-hybridized carbons (Fsp3) is 0.375. The van der Waals surface area contributed by atoms with Crippen LogP contribution < -0.4 is 5.32 Å². The summed E-state index contributed by atoms with van der Waals surface area (Å²) in [5.74, 6) is -0.342. The lowest BCUT2D eigenvalue weighted by atomic mass is 10.0. The number of aryl methyl sites for hydroxylation is 2. The number of nitrogens with zero attached hydrogens (tertiary/aromatic N) is 3. The molecule has 1 N–H and O–H groups in total. The predicted molar refractivity (Wildman–Crippen MR) is 116 cm³/mol. The van der Waals surface area contributed by atoms with E-state index < -0.39 is 11.6 Å². The Morgan fingerprint density at radius 2 is 1.91 bits per heavy atom. The maximum Gasteiger partial charge on any atom is 0.247 e. The Kier molecular flexibility index (Phi) is 6.90. The molecule has 0 bridgehead atoms. The molecule has 1 aliphatic rings. The second kappa shape index (κ2) is 9.99. The summed E-state index contributed by atoms with van der Waals surface area (Å²) in [6.07, 6.45) is 2.26. The van der Waals surface area contributed by atoms with Crippen molar-refractivity contribution in [3.8, 4) is 11.5 Å². The molecular weight excluding hydrogens is 414 g/mol. The van der Waals surface area contributed by atoms with Crippen molar-refractivity contribution >= 4 is 5.91 Å². The average molecular weight is 440 g/mol. The van der Waals surface area contributed by atoms with Crippen LogP contribution in [0, 0.1) is 18.6 Å². The molecule has 2 heterocycles. The Bertz CT molecular complexity index is 1050. The molecular formula is C24H26F2N4O2. The molecule has 8 heteroatoms. The van der Waals surface area contributed by atoms with Gasteiger partial charge in [0.25, 0.3) is 0 Å². The molecule has 1 saturated heterocycles. The van der Waals surface area contributed by atoms with Crippen LogP contribution in [-0.4, -0.2) is 40.1 Å². The zero-order valence-corrected chi connectivity index (χ0v) is 18.0. The number of carbonyl (C=O) groups excluding carboxylic acids is 1. The molecule has 1 aromatic heterocycles. The van der Waals surface area contributed by atoms with Gasteiger partial charge in [-0.05, 0) is 50.6 Å². The Hall–Kier alpha value is -3.13. The van der Waals surface area contributed by atoms with Crippen LogP contribution in [0.1, 0.15) is 36.3 Å². The van der Waals surface area contributed by atoms with Crippen molar-refractivity contribution in [2.24, 2.45) is 0 Å². The van der Waals surface area contributed by atoms with Gasteiger partial charge in [-0.2, -0.15) is 0 Å². The molecule has 1 fully saturated rings. The molecule has 0 saturated carbocycles. The zero-order valence-electron chi connectivity index (χ0n) is 18.0. The van der Waals surface area contributed by atoms with Gasteiger partial charge in [-0.1, -0.05) is 23.8 Å². The third kappa shape index (κ3) is 5.56. The number of carbonyl (C=O) groups is 1. The number of aromatic nitrogens is 2. The first kappa shape index (κ1) is 22.1. The van der Waals surface area contributed by atoms with E-state index >= 15 is 0 Å². The Balaban J connectivity index is 1.26. The van der Waals surface area contributed by atoms with Crippen LogP contribution in [-0.2, 0) is 17.8 Å². The molecule has 0 spiro atoms. The lowest BCUT2D eigenvalue weighted by molar-refractivity contribution is -0.122. The van der Waals surface area contributed by atoms with Gasteiger partial charge in [0, 0.05) is 43.1 Å². The molecule has 6 nitrogen and oxygen atoms in total. The van der Waals surface area contributed by atoms with Crippen LogP contribution in [0.3, 0.4) is 0 Å². The SMILES string of the molecule is Cc1ccc(-c2nnc(CCC(=O)NC3CCCN(Cc4c(F)cccc4F)C3)o2)cc1. The van der Waals surface area contributed by atoms with E-state index in [1.807, 2.05) is 36.1 Å². The van der Waals surface area contributed by atoms with Crippen molar-refractivity contribution in [2.45, 2.75) is 45.2 Å². The first-order chi connectivity index (χ1) is 15.5. The van der Waals surface area contributed by atoms with Gasteiger partial charge in [-0.15, -0.1) is 10.2 Å². The molecule has 1 amide bonds. The van der Waals surface area contributed by atoms with Gasteiger partial charge in [0.15, 0.2) is 0 Å². The zero-order chi connectivity index (χ0) is 22.5. The van der Waals surface area contributed by atoms with Crippen molar-refractivity contribution in [1.29, 1.82) is 0 Å². The second-order valence-electron chi connectivity index (χ2n) is 8.21.